The minimum atomic E-state index is 0.397. The zero-order valence-corrected chi connectivity index (χ0v) is 9.56. The van der Waals surface area contributed by atoms with Gasteiger partial charge >= 0.3 is 0 Å². The van der Waals surface area contributed by atoms with E-state index in [2.05, 4.69) is 12.2 Å². The first-order valence-corrected chi connectivity index (χ1v) is 5.05. The monoisotopic (exact) mass is 213 g/mol. The Labute approximate surface area is 90.2 Å². The van der Waals surface area contributed by atoms with E-state index in [0.29, 0.717) is 5.92 Å². The fourth-order valence-electron chi connectivity index (χ4n) is 1.51. The van der Waals surface area contributed by atoms with Crippen LogP contribution in [0, 0.1) is 0 Å². The molecule has 0 amide bonds. The Hall–Kier alpha value is -0.730. The molecule has 1 aromatic carbocycles. The molecule has 2 nitrogen and oxygen atoms in total. The summed E-state index contributed by atoms with van der Waals surface area (Å²) in [5, 5.41) is 3.89. The van der Waals surface area contributed by atoms with Gasteiger partial charge in [-0.1, -0.05) is 18.5 Å². The molecule has 0 saturated heterocycles. The standard InChI is InChI=1S/C11H16ClNO/c1-8(7-13-2)10-6-9(12)4-5-11(10)14-3/h4-6,8,13H,7H2,1-3H3. The zero-order valence-electron chi connectivity index (χ0n) is 8.80. The molecule has 0 radical (unpaired) electrons. The summed E-state index contributed by atoms with van der Waals surface area (Å²) < 4.78 is 5.28. The lowest BCUT2D eigenvalue weighted by Crippen LogP contribution is -2.15. The van der Waals surface area contributed by atoms with Crippen molar-refractivity contribution in [2.24, 2.45) is 0 Å². The Bertz CT molecular complexity index is 301. The molecule has 3 heteroatoms. The largest absolute Gasteiger partial charge is 0.496 e. The maximum atomic E-state index is 5.94. The molecule has 1 N–H and O–H groups in total. The summed E-state index contributed by atoms with van der Waals surface area (Å²) in [4.78, 5) is 0. The van der Waals surface area contributed by atoms with Gasteiger partial charge < -0.3 is 10.1 Å². The molecule has 0 saturated carbocycles. The van der Waals surface area contributed by atoms with Crippen LogP contribution >= 0.6 is 11.6 Å². The summed E-state index contributed by atoms with van der Waals surface area (Å²) in [7, 11) is 3.62. The summed E-state index contributed by atoms with van der Waals surface area (Å²) in [6.45, 7) is 3.06. The molecule has 1 aromatic rings. The van der Waals surface area contributed by atoms with Gasteiger partial charge in [0.05, 0.1) is 7.11 Å². The van der Waals surface area contributed by atoms with E-state index in [9.17, 15) is 0 Å². The molecule has 0 aromatic heterocycles. The molecule has 0 fully saturated rings. The average molecular weight is 214 g/mol. The van der Waals surface area contributed by atoms with Gasteiger partial charge in [-0.2, -0.15) is 0 Å². The predicted molar refractivity (Wildman–Crippen MR) is 60.3 cm³/mol. The minimum Gasteiger partial charge on any atom is -0.496 e. The topological polar surface area (TPSA) is 21.3 Å². The number of nitrogens with one attached hydrogen (secondary N) is 1. The second-order valence-corrected chi connectivity index (χ2v) is 3.78. The Kier molecular flexibility index (Phi) is 4.23. The van der Waals surface area contributed by atoms with Crippen molar-refractivity contribution in [3.05, 3.63) is 28.8 Å². The van der Waals surface area contributed by atoms with Crippen LogP contribution in [-0.2, 0) is 0 Å². The first-order chi connectivity index (χ1) is 6.69. The molecule has 0 aliphatic heterocycles. The Morgan fingerprint density at radius 2 is 2.21 bits per heavy atom. The second-order valence-electron chi connectivity index (χ2n) is 3.34. The van der Waals surface area contributed by atoms with Gasteiger partial charge in [0.25, 0.3) is 0 Å². The van der Waals surface area contributed by atoms with E-state index in [1.165, 1.54) is 0 Å². The van der Waals surface area contributed by atoms with Gasteiger partial charge in [0.15, 0.2) is 0 Å². The summed E-state index contributed by atoms with van der Waals surface area (Å²) in [5.41, 5.74) is 1.15. The third kappa shape index (κ3) is 2.63. The number of methoxy groups -OCH3 is 1. The molecular formula is C11H16ClNO. The van der Waals surface area contributed by atoms with Gasteiger partial charge in [-0.15, -0.1) is 0 Å². The van der Waals surface area contributed by atoms with Crippen molar-refractivity contribution < 1.29 is 4.74 Å². The molecule has 1 rings (SSSR count). The third-order valence-corrected chi connectivity index (χ3v) is 2.47. The van der Waals surface area contributed by atoms with Gasteiger partial charge in [-0.25, -0.2) is 0 Å². The molecule has 14 heavy (non-hydrogen) atoms. The van der Waals surface area contributed by atoms with Gasteiger partial charge in [0.1, 0.15) is 5.75 Å². The van der Waals surface area contributed by atoms with Crippen molar-refractivity contribution in [2.45, 2.75) is 12.8 Å². The molecule has 0 aliphatic rings. The van der Waals surface area contributed by atoms with Crippen molar-refractivity contribution in [3.8, 4) is 5.75 Å². The van der Waals surface area contributed by atoms with Crippen LogP contribution in [0.25, 0.3) is 0 Å². The van der Waals surface area contributed by atoms with Crippen LogP contribution in [0.2, 0.25) is 5.02 Å². The van der Waals surface area contributed by atoms with Gasteiger partial charge in [0, 0.05) is 11.6 Å². The number of halogens is 1. The van der Waals surface area contributed by atoms with Crippen LogP contribution in [0.4, 0.5) is 0 Å². The highest BCUT2D eigenvalue weighted by Crippen LogP contribution is 2.28. The van der Waals surface area contributed by atoms with Crippen LogP contribution in [-0.4, -0.2) is 20.7 Å². The Balaban J connectivity index is 2.97. The molecule has 0 bridgehead atoms. The van der Waals surface area contributed by atoms with Gasteiger partial charge in [-0.05, 0) is 36.7 Å². The van der Waals surface area contributed by atoms with Crippen molar-refractivity contribution in [1.29, 1.82) is 0 Å². The number of likely N-dealkylation sites (N-methyl/N-ethyl adjacent to an activating group) is 1. The van der Waals surface area contributed by atoms with E-state index in [-0.39, 0.29) is 0 Å². The zero-order chi connectivity index (χ0) is 10.6. The third-order valence-electron chi connectivity index (χ3n) is 2.23. The lowest BCUT2D eigenvalue weighted by molar-refractivity contribution is 0.406. The summed E-state index contributed by atoms with van der Waals surface area (Å²) >= 11 is 5.94. The SMILES string of the molecule is CNCC(C)c1cc(Cl)ccc1OC. The first kappa shape index (κ1) is 11.3. The van der Waals surface area contributed by atoms with E-state index in [1.807, 2.05) is 25.2 Å². The van der Waals surface area contributed by atoms with E-state index >= 15 is 0 Å². The number of ether oxygens (including phenoxy) is 1. The van der Waals surface area contributed by atoms with E-state index in [4.69, 9.17) is 16.3 Å². The Morgan fingerprint density at radius 1 is 1.50 bits per heavy atom. The summed E-state index contributed by atoms with van der Waals surface area (Å²) in [5.74, 6) is 1.30. The smallest absolute Gasteiger partial charge is 0.122 e. The summed E-state index contributed by atoms with van der Waals surface area (Å²) in [6.07, 6.45) is 0. The molecular weight excluding hydrogens is 198 g/mol. The van der Waals surface area contributed by atoms with Crippen LogP contribution in [0.3, 0.4) is 0 Å². The van der Waals surface area contributed by atoms with Crippen molar-refractivity contribution >= 4 is 11.6 Å². The number of hydrogen-bond donors (Lipinski definition) is 1. The highest BCUT2D eigenvalue weighted by Gasteiger charge is 2.10. The average Bonchev–Trinajstić information content (AvgIpc) is 2.18. The maximum absolute atomic E-state index is 5.94. The molecule has 0 aliphatic carbocycles. The minimum absolute atomic E-state index is 0.397. The van der Waals surface area contributed by atoms with E-state index < -0.39 is 0 Å². The van der Waals surface area contributed by atoms with Crippen LogP contribution in [0.1, 0.15) is 18.4 Å². The number of hydrogen-bond acceptors (Lipinski definition) is 2. The quantitative estimate of drug-likeness (QED) is 0.831. The second kappa shape index (κ2) is 5.23. The van der Waals surface area contributed by atoms with E-state index in [1.54, 1.807) is 7.11 Å². The highest BCUT2D eigenvalue weighted by molar-refractivity contribution is 6.30. The van der Waals surface area contributed by atoms with Crippen LogP contribution < -0.4 is 10.1 Å². The van der Waals surface area contributed by atoms with Crippen LogP contribution in [0.15, 0.2) is 18.2 Å². The molecule has 1 unspecified atom stereocenters. The molecule has 78 valence electrons. The highest BCUT2D eigenvalue weighted by atomic mass is 35.5. The normalized spacial score (nSPS) is 12.6. The molecule has 0 heterocycles. The molecule has 0 spiro atoms. The van der Waals surface area contributed by atoms with Crippen molar-refractivity contribution in [1.82, 2.24) is 5.32 Å². The van der Waals surface area contributed by atoms with Crippen molar-refractivity contribution in [2.75, 3.05) is 20.7 Å². The fourth-order valence-corrected chi connectivity index (χ4v) is 1.69. The number of rotatable bonds is 4. The van der Waals surface area contributed by atoms with E-state index in [0.717, 1.165) is 22.9 Å². The number of benzene rings is 1. The maximum Gasteiger partial charge on any atom is 0.122 e. The molecule has 1 atom stereocenters. The Morgan fingerprint density at radius 3 is 2.79 bits per heavy atom. The van der Waals surface area contributed by atoms with Crippen molar-refractivity contribution in [3.63, 3.8) is 0 Å². The van der Waals surface area contributed by atoms with Gasteiger partial charge in [0.2, 0.25) is 0 Å². The fraction of sp³-hybridized carbons (Fsp3) is 0.455. The van der Waals surface area contributed by atoms with Crippen LogP contribution in [0.5, 0.6) is 5.75 Å². The predicted octanol–water partition coefficient (Wildman–Crippen LogP) is 2.67. The lowest BCUT2D eigenvalue weighted by Gasteiger charge is -2.15. The summed E-state index contributed by atoms with van der Waals surface area (Å²) in [6, 6.07) is 5.71. The first-order valence-electron chi connectivity index (χ1n) is 4.67. The lowest BCUT2D eigenvalue weighted by atomic mass is 10.0. The van der Waals surface area contributed by atoms with Gasteiger partial charge in [-0.3, -0.25) is 0 Å².